The largest absolute Gasteiger partial charge is 0.354 e. The van der Waals surface area contributed by atoms with Gasteiger partial charge in [0, 0.05) is 18.3 Å². The van der Waals surface area contributed by atoms with Crippen LogP contribution in [0.4, 0.5) is 5.95 Å². The van der Waals surface area contributed by atoms with Crippen molar-refractivity contribution >= 4 is 5.95 Å². The van der Waals surface area contributed by atoms with Gasteiger partial charge in [-0.05, 0) is 43.7 Å². The van der Waals surface area contributed by atoms with E-state index in [0.717, 1.165) is 23.7 Å². The molecule has 0 bridgehead atoms. The lowest BCUT2D eigenvalue weighted by molar-refractivity contribution is 0.420. The minimum atomic E-state index is 0.705. The summed E-state index contributed by atoms with van der Waals surface area (Å²) in [5.41, 5.74) is 4.78. The molecule has 0 aliphatic heterocycles. The van der Waals surface area contributed by atoms with Gasteiger partial charge in [-0.15, -0.1) is 0 Å². The molecule has 1 aliphatic carbocycles. The fourth-order valence-electron chi connectivity index (χ4n) is 2.63. The van der Waals surface area contributed by atoms with Gasteiger partial charge in [-0.3, -0.25) is 0 Å². The van der Waals surface area contributed by atoms with Crippen LogP contribution in [0.5, 0.6) is 0 Å². The number of hydrogen-bond acceptors (Lipinski definition) is 3. The van der Waals surface area contributed by atoms with Gasteiger partial charge in [0.1, 0.15) is 0 Å². The molecule has 3 rings (SSSR count). The molecule has 104 valence electrons. The van der Waals surface area contributed by atoms with Crippen molar-refractivity contribution in [2.45, 2.75) is 39.0 Å². The number of anilines is 1. The minimum Gasteiger partial charge on any atom is -0.354 e. The first-order chi connectivity index (χ1) is 9.78. The summed E-state index contributed by atoms with van der Waals surface area (Å²) >= 11 is 0. The third kappa shape index (κ3) is 2.53. The van der Waals surface area contributed by atoms with Gasteiger partial charge in [0.05, 0.1) is 5.69 Å². The summed E-state index contributed by atoms with van der Waals surface area (Å²) in [6.07, 6.45) is 5.95. The Morgan fingerprint density at radius 2 is 1.95 bits per heavy atom. The zero-order chi connectivity index (χ0) is 13.9. The SMILES string of the molecule is CCNc1ncc(C)c(-c2ccc(C3CCC3)cc2)n1. The van der Waals surface area contributed by atoms with E-state index in [1.54, 1.807) is 0 Å². The molecule has 1 heterocycles. The number of benzene rings is 1. The van der Waals surface area contributed by atoms with Crippen molar-refractivity contribution in [1.29, 1.82) is 0 Å². The molecule has 0 atom stereocenters. The van der Waals surface area contributed by atoms with Gasteiger partial charge in [-0.1, -0.05) is 30.7 Å². The van der Waals surface area contributed by atoms with Crippen molar-refractivity contribution in [2.24, 2.45) is 0 Å². The Morgan fingerprint density at radius 3 is 2.55 bits per heavy atom. The quantitative estimate of drug-likeness (QED) is 0.904. The molecule has 1 aromatic carbocycles. The van der Waals surface area contributed by atoms with Crippen LogP contribution in [0.25, 0.3) is 11.3 Å². The summed E-state index contributed by atoms with van der Waals surface area (Å²) in [7, 11) is 0. The van der Waals surface area contributed by atoms with Crippen LogP contribution in [0.3, 0.4) is 0 Å². The summed E-state index contributed by atoms with van der Waals surface area (Å²) in [5.74, 6) is 1.49. The topological polar surface area (TPSA) is 37.8 Å². The van der Waals surface area contributed by atoms with Crippen LogP contribution in [0.1, 0.15) is 43.2 Å². The molecule has 1 aromatic heterocycles. The first-order valence-electron chi connectivity index (χ1n) is 7.45. The van der Waals surface area contributed by atoms with Gasteiger partial charge in [-0.2, -0.15) is 0 Å². The van der Waals surface area contributed by atoms with E-state index in [1.807, 2.05) is 6.20 Å². The number of nitrogens with one attached hydrogen (secondary N) is 1. The molecule has 0 amide bonds. The van der Waals surface area contributed by atoms with Crippen LogP contribution in [-0.4, -0.2) is 16.5 Å². The third-order valence-electron chi connectivity index (χ3n) is 4.07. The number of nitrogens with zero attached hydrogens (tertiary/aromatic N) is 2. The van der Waals surface area contributed by atoms with Crippen LogP contribution in [-0.2, 0) is 0 Å². The van der Waals surface area contributed by atoms with Crippen LogP contribution < -0.4 is 5.32 Å². The molecule has 0 saturated heterocycles. The maximum Gasteiger partial charge on any atom is 0.223 e. The maximum absolute atomic E-state index is 4.62. The summed E-state index contributed by atoms with van der Waals surface area (Å²) in [5, 5.41) is 3.17. The molecule has 3 nitrogen and oxygen atoms in total. The molecule has 0 radical (unpaired) electrons. The fourth-order valence-corrected chi connectivity index (χ4v) is 2.63. The van der Waals surface area contributed by atoms with Gasteiger partial charge < -0.3 is 5.32 Å². The van der Waals surface area contributed by atoms with Crippen LogP contribution in [0, 0.1) is 6.92 Å². The highest BCUT2D eigenvalue weighted by molar-refractivity contribution is 5.64. The monoisotopic (exact) mass is 267 g/mol. The number of hydrogen-bond donors (Lipinski definition) is 1. The molecule has 1 saturated carbocycles. The average Bonchev–Trinajstić information content (AvgIpc) is 2.40. The van der Waals surface area contributed by atoms with Crippen molar-refractivity contribution < 1.29 is 0 Å². The molecule has 0 unspecified atom stereocenters. The van der Waals surface area contributed by atoms with E-state index >= 15 is 0 Å². The van der Waals surface area contributed by atoms with E-state index in [9.17, 15) is 0 Å². The molecule has 1 fully saturated rings. The van der Waals surface area contributed by atoms with E-state index in [4.69, 9.17) is 0 Å². The van der Waals surface area contributed by atoms with Gasteiger partial charge in [0.15, 0.2) is 0 Å². The molecule has 2 aromatic rings. The van der Waals surface area contributed by atoms with E-state index in [2.05, 4.69) is 53.4 Å². The molecule has 20 heavy (non-hydrogen) atoms. The summed E-state index contributed by atoms with van der Waals surface area (Å²) in [6.45, 7) is 4.95. The molecule has 1 aliphatic rings. The third-order valence-corrected chi connectivity index (χ3v) is 4.07. The molecule has 3 heteroatoms. The summed E-state index contributed by atoms with van der Waals surface area (Å²) in [6, 6.07) is 8.90. The standard InChI is InChI=1S/C17H21N3/c1-3-18-17-19-11-12(2)16(20-17)15-9-7-14(8-10-15)13-5-4-6-13/h7-11,13H,3-6H2,1-2H3,(H,18,19,20). The Morgan fingerprint density at radius 1 is 1.20 bits per heavy atom. The molecule has 1 N–H and O–H groups in total. The lowest BCUT2D eigenvalue weighted by Crippen LogP contribution is -2.08. The zero-order valence-electron chi connectivity index (χ0n) is 12.2. The summed E-state index contributed by atoms with van der Waals surface area (Å²) in [4.78, 5) is 8.92. The van der Waals surface area contributed by atoms with Crippen LogP contribution in [0.15, 0.2) is 30.5 Å². The Bertz CT molecular complexity index is 586. The predicted octanol–water partition coefficient (Wildman–Crippen LogP) is 4.15. The fraction of sp³-hybridized carbons (Fsp3) is 0.412. The van der Waals surface area contributed by atoms with Crippen molar-refractivity contribution in [3.8, 4) is 11.3 Å². The zero-order valence-corrected chi connectivity index (χ0v) is 12.2. The summed E-state index contributed by atoms with van der Waals surface area (Å²) < 4.78 is 0. The molecular weight excluding hydrogens is 246 g/mol. The van der Waals surface area contributed by atoms with Crippen molar-refractivity contribution in [3.05, 3.63) is 41.6 Å². The Balaban J connectivity index is 1.89. The van der Waals surface area contributed by atoms with Gasteiger partial charge >= 0.3 is 0 Å². The Kier molecular flexibility index (Phi) is 3.68. The number of aryl methyl sites for hydroxylation is 1. The van der Waals surface area contributed by atoms with Crippen molar-refractivity contribution in [2.75, 3.05) is 11.9 Å². The highest BCUT2D eigenvalue weighted by atomic mass is 15.1. The van der Waals surface area contributed by atoms with Crippen molar-refractivity contribution in [3.63, 3.8) is 0 Å². The minimum absolute atomic E-state index is 0.705. The van der Waals surface area contributed by atoms with E-state index < -0.39 is 0 Å². The second kappa shape index (κ2) is 5.61. The second-order valence-electron chi connectivity index (χ2n) is 5.51. The Hall–Kier alpha value is -1.90. The van der Waals surface area contributed by atoms with Crippen molar-refractivity contribution in [1.82, 2.24) is 9.97 Å². The normalized spacial score (nSPS) is 14.9. The predicted molar refractivity (Wildman–Crippen MR) is 83.0 cm³/mol. The van der Waals surface area contributed by atoms with E-state index in [1.165, 1.54) is 30.4 Å². The second-order valence-corrected chi connectivity index (χ2v) is 5.51. The number of aromatic nitrogens is 2. The van der Waals surface area contributed by atoms with Gasteiger partial charge in [0.25, 0.3) is 0 Å². The van der Waals surface area contributed by atoms with Gasteiger partial charge in [-0.25, -0.2) is 9.97 Å². The van der Waals surface area contributed by atoms with Crippen LogP contribution in [0.2, 0.25) is 0 Å². The van der Waals surface area contributed by atoms with E-state index in [0.29, 0.717) is 5.95 Å². The molecule has 0 spiro atoms. The van der Waals surface area contributed by atoms with Gasteiger partial charge in [0.2, 0.25) is 5.95 Å². The smallest absolute Gasteiger partial charge is 0.223 e. The first kappa shape index (κ1) is 13.1. The maximum atomic E-state index is 4.62. The Labute approximate surface area is 120 Å². The lowest BCUT2D eigenvalue weighted by Gasteiger charge is -2.25. The lowest BCUT2D eigenvalue weighted by atomic mass is 9.80. The highest BCUT2D eigenvalue weighted by Gasteiger charge is 2.19. The van der Waals surface area contributed by atoms with Crippen LogP contribution >= 0.6 is 0 Å². The van der Waals surface area contributed by atoms with E-state index in [-0.39, 0.29) is 0 Å². The number of rotatable bonds is 4. The first-order valence-corrected chi connectivity index (χ1v) is 7.45. The molecular formula is C17H21N3. The average molecular weight is 267 g/mol. The highest BCUT2D eigenvalue weighted by Crippen LogP contribution is 2.37.